The third kappa shape index (κ3) is 2.87. The van der Waals surface area contributed by atoms with E-state index < -0.39 is 0 Å². The predicted octanol–water partition coefficient (Wildman–Crippen LogP) is 3.87. The molecule has 0 atom stereocenters. The molecule has 0 bridgehead atoms. The van der Waals surface area contributed by atoms with E-state index in [9.17, 15) is 9.18 Å². The van der Waals surface area contributed by atoms with Crippen LogP contribution in [0.25, 0.3) is 0 Å². The lowest BCUT2D eigenvalue weighted by Crippen LogP contribution is -1.99. The summed E-state index contributed by atoms with van der Waals surface area (Å²) in [7, 11) is 0. The van der Waals surface area contributed by atoms with Gasteiger partial charge in [-0.05, 0) is 29.8 Å². The summed E-state index contributed by atoms with van der Waals surface area (Å²) >= 11 is 5.95. The third-order valence-corrected chi connectivity index (χ3v) is 2.69. The zero-order chi connectivity index (χ0) is 13.0. The van der Waals surface area contributed by atoms with E-state index in [-0.39, 0.29) is 12.4 Å². The molecule has 18 heavy (non-hydrogen) atoms. The molecule has 2 rings (SSSR count). The van der Waals surface area contributed by atoms with Crippen molar-refractivity contribution in [2.45, 2.75) is 6.61 Å². The lowest BCUT2D eigenvalue weighted by Gasteiger charge is -2.10. The van der Waals surface area contributed by atoms with Gasteiger partial charge in [0.2, 0.25) is 0 Å². The second kappa shape index (κ2) is 5.65. The average molecular weight is 265 g/mol. The van der Waals surface area contributed by atoms with E-state index in [1.54, 1.807) is 30.3 Å². The minimum absolute atomic E-state index is 0.155. The van der Waals surface area contributed by atoms with Crippen LogP contribution in [0.15, 0.2) is 42.5 Å². The number of rotatable bonds is 4. The second-order valence-electron chi connectivity index (χ2n) is 3.69. The molecule has 2 aromatic rings. The molecule has 0 aliphatic rings. The second-order valence-corrected chi connectivity index (χ2v) is 4.10. The number of benzene rings is 2. The lowest BCUT2D eigenvalue weighted by atomic mass is 10.2. The smallest absolute Gasteiger partial charge is 0.153 e. The topological polar surface area (TPSA) is 26.3 Å². The standard InChI is InChI=1S/C14H10ClFO2/c15-13-6-2-4-11(8-17)14(13)18-9-10-3-1-5-12(16)7-10/h1-8H,9H2. The van der Waals surface area contributed by atoms with E-state index in [4.69, 9.17) is 16.3 Å². The van der Waals surface area contributed by atoms with Gasteiger partial charge in [0, 0.05) is 0 Å². The molecule has 0 N–H and O–H groups in total. The molecule has 0 saturated heterocycles. The number of carbonyl (C=O) groups is 1. The summed E-state index contributed by atoms with van der Waals surface area (Å²) in [6.07, 6.45) is 0.673. The van der Waals surface area contributed by atoms with Gasteiger partial charge in [-0.1, -0.05) is 29.8 Å². The minimum Gasteiger partial charge on any atom is -0.487 e. The summed E-state index contributed by atoms with van der Waals surface area (Å²) < 4.78 is 18.4. The number of aldehydes is 1. The molecule has 0 unspecified atom stereocenters. The highest BCUT2D eigenvalue weighted by Gasteiger charge is 2.08. The molecule has 4 heteroatoms. The zero-order valence-electron chi connectivity index (χ0n) is 9.40. The fourth-order valence-corrected chi connectivity index (χ4v) is 1.79. The minimum atomic E-state index is -0.328. The summed E-state index contributed by atoms with van der Waals surface area (Å²) in [6.45, 7) is 0.155. The summed E-state index contributed by atoms with van der Waals surface area (Å²) in [5.74, 6) is -0.00991. The fourth-order valence-electron chi connectivity index (χ4n) is 1.55. The Kier molecular flexibility index (Phi) is 3.95. The zero-order valence-corrected chi connectivity index (χ0v) is 10.2. The van der Waals surface area contributed by atoms with Gasteiger partial charge in [0.05, 0.1) is 10.6 Å². The predicted molar refractivity (Wildman–Crippen MR) is 67.6 cm³/mol. The first kappa shape index (κ1) is 12.6. The molecule has 2 aromatic carbocycles. The third-order valence-electron chi connectivity index (χ3n) is 2.40. The molecular weight excluding hydrogens is 255 g/mol. The van der Waals surface area contributed by atoms with E-state index in [2.05, 4.69) is 0 Å². The molecule has 0 aliphatic heterocycles. The molecule has 0 fully saturated rings. The SMILES string of the molecule is O=Cc1cccc(Cl)c1OCc1cccc(F)c1. The first-order valence-corrected chi connectivity index (χ1v) is 5.69. The van der Waals surface area contributed by atoms with Crippen molar-refractivity contribution in [2.75, 3.05) is 0 Å². The Hall–Kier alpha value is -1.87. The Morgan fingerprint density at radius 1 is 1.22 bits per heavy atom. The molecule has 0 aromatic heterocycles. The summed E-state index contributed by atoms with van der Waals surface area (Å²) in [5.41, 5.74) is 1.05. The maximum atomic E-state index is 13.0. The van der Waals surface area contributed by atoms with Crippen molar-refractivity contribution in [1.29, 1.82) is 0 Å². The van der Waals surface area contributed by atoms with Crippen molar-refractivity contribution in [3.63, 3.8) is 0 Å². The van der Waals surface area contributed by atoms with Gasteiger partial charge in [0.1, 0.15) is 18.2 Å². The van der Waals surface area contributed by atoms with E-state index in [0.717, 1.165) is 0 Å². The highest BCUT2D eigenvalue weighted by Crippen LogP contribution is 2.28. The summed E-state index contributed by atoms with van der Waals surface area (Å²) in [4.78, 5) is 10.8. The van der Waals surface area contributed by atoms with Gasteiger partial charge >= 0.3 is 0 Å². The van der Waals surface area contributed by atoms with Gasteiger partial charge in [-0.3, -0.25) is 4.79 Å². The first-order chi connectivity index (χ1) is 8.70. The molecule has 0 heterocycles. The Bertz CT molecular complexity index is 569. The molecule has 0 aliphatic carbocycles. The van der Waals surface area contributed by atoms with Gasteiger partial charge in [0.25, 0.3) is 0 Å². The Morgan fingerprint density at radius 3 is 2.72 bits per heavy atom. The monoisotopic (exact) mass is 264 g/mol. The van der Waals surface area contributed by atoms with Crippen LogP contribution in [0, 0.1) is 5.82 Å². The number of carbonyl (C=O) groups excluding carboxylic acids is 1. The van der Waals surface area contributed by atoms with Crippen LogP contribution in [-0.4, -0.2) is 6.29 Å². The number of hydrogen-bond acceptors (Lipinski definition) is 2. The number of hydrogen-bond donors (Lipinski definition) is 0. The van der Waals surface area contributed by atoms with E-state index in [1.807, 2.05) is 0 Å². The van der Waals surface area contributed by atoms with Crippen LogP contribution in [0.1, 0.15) is 15.9 Å². The molecule has 0 amide bonds. The van der Waals surface area contributed by atoms with Gasteiger partial charge < -0.3 is 4.74 Å². The highest BCUT2D eigenvalue weighted by atomic mass is 35.5. The first-order valence-electron chi connectivity index (χ1n) is 5.31. The summed E-state index contributed by atoms with van der Waals surface area (Å²) in [5, 5.41) is 0.357. The molecule has 92 valence electrons. The van der Waals surface area contributed by atoms with Crippen molar-refractivity contribution < 1.29 is 13.9 Å². The van der Waals surface area contributed by atoms with Crippen LogP contribution < -0.4 is 4.74 Å². The molecule has 0 spiro atoms. The average Bonchev–Trinajstić information content (AvgIpc) is 2.37. The Balaban J connectivity index is 2.18. The lowest BCUT2D eigenvalue weighted by molar-refractivity contribution is 0.111. The number of para-hydroxylation sites is 1. The van der Waals surface area contributed by atoms with Gasteiger partial charge in [-0.15, -0.1) is 0 Å². The van der Waals surface area contributed by atoms with E-state index in [1.165, 1.54) is 12.1 Å². The van der Waals surface area contributed by atoms with Crippen LogP contribution in [0.4, 0.5) is 4.39 Å². The highest BCUT2D eigenvalue weighted by molar-refractivity contribution is 6.32. The fraction of sp³-hybridized carbons (Fsp3) is 0.0714. The maximum Gasteiger partial charge on any atom is 0.153 e. The molecular formula is C14H10ClFO2. The van der Waals surface area contributed by atoms with Crippen molar-refractivity contribution in [3.05, 3.63) is 64.4 Å². The molecule has 2 nitrogen and oxygen atoms in total. The molecule has 0 radical (unpaired) electrons. The van der Waals surface area contributed by atoms with E-state index in [0.29, 0.717) is 28.2 Å². The van der Waals surface area contributed by atoms with Gasteiger partial charge in [-0.25, -0.2) is 4.39 Å². The normalized spacial score (nSPS) is 10.1. The quantitative estimate of drug-likeness (QED) is 0.784. The summed E-state index contributed by atoms with van der Waals surface area (Å²) in [6, 6.07) is 11.0. The number of ether oxygens (including phenoxy) is 1. The van der Waals surface area contributed by atoms with Crippen LogP contribution in [0.2, 0.25) is 5.02 Å². The maximum absolute atomic E-state index is 13.0. The van der Waals surface area contributed by atoms with Crippen LogP contribution >= 0.6 is 11.6 Å². The van der Waals surface area contributed by atoms with Crippen molar-refractivity contribution in [2.24, 2.45) is 0 Å². The molecule has 0 saturated carbocycles. The van der Waals surface area contributed by atoms with Crippen molar-refractivity contribution >= 4 is 17.9 Å². The van der Waals surface area contributed by atoms with Crippen LogP contribution in [0.3, 0.4) is 0 Å². The van der Waals surface area contributed by atoms with Gasteiger partial charge in [0.15, 0.2) is 6.29 Å². The largest absolute Gasteiger partial charge is 0.487 e. The van der Waals surface area contributed by atoms with Crippen LogP contribution in [-0.2, 0) is 6.61 Å². The van der Waals surface area contributed by atoms with Crippen molar-refractivity contribution in [3.8, 4) is 5.75 Å². The van der Waals surface area contributed by atoms with E-state index >= 15 is 0 Å². The number of halogens is 2. The van der Waals surface area contributed by atoms with Gasteiger partial charge in [-0.2, -0.15) is 0 Å². The van der Waals surface area contributed by atoms with Crippen LogP contribution in [0.5, 0.6) is 5.75 Å². The van der Waals surface area contributed by atoms with Crippen molar-refractivity contribution in [1.82, 2.24) is 0 Å². The Morgan fingerprint density at radius 2 is 2.00 bits per heavy atom. The Labute approximate surface area is 109 Å².